The molecule has 0 spiro atoms. The van der Waals surface area contributed by atoms with E-state index in [1.807, 2.05) is 6.07 Å². The summed E-state index contributed by atoms with van der Waals surface area (Å²) in [6, 6.07) is 6.90. The Morgan fingerprint density at radius 1 is 1.31 bits per heavy atom. The molecule has 0 aliphatic rings. The van der Waals surface area contributed by atoms with Crippen molar-refractivity contribution in [3.05, 3.63) is 30.0 Å². The highest BCUT2D eigenvalue weighted by Crippen LogP contribution is 2.23. The van der Waals surface area contributed by atoms with Crippen molar-refractivity contribution in [3.63, 3.8) is 0 Å². The molecule has 3 nitrogen and oxygen atoms in total. The minimum Gasteiger partial charge on any atom is -0.508 e. The molecule has 0 saturated carbocycles. The SMILES string of the molecule is CC(O)c1cc2cc(O)ccc2[nH]1. The molecule has 0 aliphatic carbocycles. The van der Waals surface area contributed by atoms with Crippen LogP contribution in [0.15, 0.2) is 24.3 Å². The second-order valence-electron chi connectivity index (χ2n) is 3.17. The lowest BCUT2D eigenvalue weighted by Gasteiger charge is -1.97. The molecule has 13 heavy (non-hydrogen) atoms. The van der Waals surface area contributed by atoms with Gasteiger partial charge >= 0.3 is 0 Å². The van der Waals surface area contributed by atoms with Gasteiger partial charge in [0.1, 0.15) is 5.75 Å². The van der Waals surface area contributed by atoms with Gasteiger partial charge in [-0.2, -0.15) is 0 Å². The van der Waals surface area contributed by atoms with Crippen LogP contribution in [0.5, 0.6) is 5.75 Å². The molecule has 1 aromatic carbocycles. The molecular weight excluding hydrogens is 166 g/mol. The lowest BCUT2D eigenvalue weighted by atomic mass is 10.2. The van der Waals surface area contributed by atoms with Crippen molar-refractivity contribution in [2.75, 3.05) is 0 Å². The number of H-pyrrole nitrogens is 1. The van der Waals surface area contributed by atoms with E-state index in [4.69, 9.17) is 0 Å². The maximum absolute atomic E-state index is 9.30. The third kappa shape index (κ3) is 1.38. The Bertz CT molecular complexity index is 431. The van der Waals surface area contributed by atoms with Gasteiger partial charge in [0.25, 0.3) is 0 Å². The lowest BCUT2D eigenvalue weighted by Crippen LogP contribution is -1.88. The Hall–Kier alpha value is -1.48. The predicted octanol–water partition coefficient (Wildman–Crippen LogP) is 1.93. The van der Waals surface area contributed by atoms with E-state index in [2.05, 4.69) is 4.98 Å². The van der Waals surface area contributed by atoms with E-state index in [9.17, 15) is 10.2 Å². The van der Waals surface area contributed by atoms with Gasteiger partial charge in [-0.25, -0.2) is 0 Å². The molecule has 0 radical (unpaired) electrons. The fourth-order valence-electron chi connectivity index (χ4n) is 1.37. The second-order valence-corrected chi connectivity index (χ2v) is 3.17. The number of hydrogen-bond acceptors (Lipinski definition) is 2. The van der Waals surface area contributed by atoms with Crippen LogP contribution in [0, 0.1) is 0 Å². The van der Waals surface area contributed by atoms with Gasteiger partial charge in [-0.15, -0.1) is 0 Å². The number of nitrogens with one attached hydrogen (secondary N) is 1. The first-order valence-electron chi connectivity index (χ1n) is 4.16. The van der Waals surface area contributed by atoms with Gasteiger partial charge in [0.2, 0.25) is 0 Å². The number of aromatic nitrogens is 1. The monoisotopic (exact) mass is 177 g/mol. The van der Waals surface area contributed by atoms with Gasteiger partial charge in [-0.1, -0.05) is 0 Å². The summed E-state index contributed by atoms with van der Waals surface area (Å²) in [7, 11) is 0. The molecule has 68 valence electrons. The average molecular weight is 177 g/mol. The van der Waals surface area contributed by atoms with Gasteiger partial charge in [0, 0.05) is 16.6 Å². The van der Waals surface area contributed by atoms with Crippen LogP contribution in [0.4, 0.5) is 0 Å². The molecule has 0 saturated heterocycles. The molecule has 1 atom stereocenters. The molecule has 3 N–H and O–H groups in total. The molecule has 1 heterocycles. The zero-order valence-electron chi connectivity index (χ0n) is 7.28. The van der Waals surface area contributed by atoms with E-state index in [0.717, 1.165) is 16.6 Å². The molecule has 0 amide bonds. The number of aliphatic hydroxyl groups is 1. The molecule has 0 aliphatic heterocycles. The van der Waals surface area contributed by atoms with Crippen LogP contribution in [0.1, 0.15) is 18.7 Å². The van der Waals surface area contributed by atoms with Crippen molar-refractivity contribution >= 4 is 10.9 Å². The number of benzene rings is 1. The molecule has 2 aromatic rings. The topological polar surface area (TPSA) is 56.2 Å². The summed E-state index contributed by atoms with van der Waals surface area (Å²) in [5.41, 5.74) is 1.69. The highest BCUT2D eigenvalue weighted by molar-refractivity contribution is 5.81. The average Bonchev–Trinajstić information content (AvgIpc) is 2.46. The molecule has 0 bridgehead atoms. The van der Waals surface area contributed by atoms with Gasteiger partial charge in [-0.05, 0) is 31.2 Å². The standard InChI is InChI=1S/C10H11NO2/c1-6(12)10-5-7-4-8(13)2-3-9(7)11-10/h2-6,11-13H,1H3. The Morgan fingerprint density at radius 3 is 2.77 bits per heavy atom. The summed E-state index contributed by atoms with van der Waals surface area (Å²) in [6.07, 6.45) is -0.505. The zero-order chi connectivity index (χ0) is 9.42. The van der Waals surface area contributed by atoms with E-state index >= 15 is 0 Å². The number of aromatic hydroxyl groups is 1. The van der Waals surface area contributed by atoms with Crippen molar-refractivity contribution < 1.29 is 10.2 Å². The Balaban J connectivity index is 2.62. The zero-order valence-corrected chi connectivity index (χ0v) is 7.28. The predicted molar refractivity (Wildman–Crippen MR) is 50.6 cm³/mol. The molecule has 2 rings (SSSR count). The van der Waals surface area contributed by atoms with Crippen molar-refractivity contribution in [2.24, 2.45) is 0 Å². The first kappa shape index (κ1) is 8.13. The third-order valence-corrected chi connectivity index (χ3v) is 2.08. The fraction of sp³-hybridized carbons (Fsp3) is 0.200. The van der Waals surface area contributed by atoms with Crippen LogP contribution in [-0.2, 0) is 0 Å². The maximum Gasteiger partial charge on any atom is 0.116 e. The quantitative estimate of drug-likeness (QED) is 0.623. The first-order valence-corrected chi connectivity index (χ1v) is 4.16. The summed E-state index contributed by atoms with van der Waals surface area (Å²) in [6.45, 7) is 1.70. The molecule has 0 fully saturated rings. The van der Waals surface area contributed by atoms with Crippen molar-refractivity contribution in [3.8, 4) is 5.75 Å². The van der Waals surface area contributed by atoms with Gasteiger partial charge in [0.05, 0.1) is 6.10 Å². The minimum atomic E-state index is -0.505. The van der Waals surface area contributed by atoms with E-state index in [1.165, 1.54) is 0 Å². The Morgan fingerprint density at radius 2 is 2.08 bits per heavy atom. The normalized spacial score (nSPS) is 13.4. The van der Waals surface area contributed by atoms with Crippen LogP contribution >= 0.6 is 0 Å². The third-order valence-electron chi connectivity index (χ3n) is 2.08. The van der Waals surface area contributed by atoms with Gasteiger partial charge < -0.3 is 15.2 Å². The number of aromatic amines is 1. The first-order chi connectivity index (χ1) is 6.16. The van der Waals surface area contributed by atoms with Crippen LogP contribution in [-0.4, -0.2) is 15.2 Å². The van der Waals surface area contributed by atoms with Crippen molar-refractivity contribution in [1.82, 2.24) is 4.98 Å². The van der Waals surface area contributed by atoms with Crippen molar-refractivity contribution in [2.45, 2.75) is 13.0 Å². The van der Waals surface area contributed by atoms with Crippen LogP contribution < -0.4 is 0 Å². The van der Waals surface area contributed by atoms with E-state index in [0.29, 0.717) is 0 Å². The van der Waals surface area contributed by atoms with Crippen molar-refractivity contribution in [1.29, 1.82) is 0 Å². The maximum atomic E-state index is 9.30. The number of phenolic OH excluding ortho intramolecular Hbond substituents is 1. The highest BCUT2D eigenvalue weighted by Gasteiger charge is 2.05. The number of fused-ring (bicyclic) bond motifs is 1. The largest absolute Gasteiger partial charge is 0.508 e. The van der Waals surface area contributed by atoms with E-state index in [1.54, 1.807) is 25.1 Å². The summed E-state index contributed by atoms with van der Waals surface area (Å²) < 4.78 is 0. The summed E-state index contributed by atoms with van der Waals surface area (Å²) in [5.74, 6) is 0.239. The van der Waals surface area contributed by atoms with Crippen LogP contribution in [0.2, 0.25) is 0 Å². The highest BCUT2D eigenvalue weighted by atomic mass is 16.3. The molecular formula is C10H11NO2. The number of aliphatic hydroxyl groups excluding tert-OH is 1. The van der Waals surface area contributed by atoms with E-state index < -0.39 is 6.10 Å². The van der Waals surface area contributed by atoms with Gasteiger partial charge in [0.15, 0.2) is 0 Å². The molecule has 1 unspecified atom stereocenters. The molecule has 3 heteroatoms. The minimum absolute atomic E-state index is 0.239. The Labute approximate surface area is 75.6 Å². The number of hydrogen-bond donors (Lipinski definition) is 3. The van der Waals surface area contributed by atoms with E-state index in [-0.39, 0.29) is 5.75 Å². The summed E-state index contributed by atoms with van der Waals surface area (Å²) in [5, 5.41) is 19.4. The lowest BCUT2D eigenvalue weighted by molar-refractivity contribution is 0.195. The fourth-order valence-corrected chi connectivity index (χ4v) is 1.37. The summed E-state index contributed by atoms with van der Waals surface area (Å²) in [4.78, 5) is 3.06. The molecule has 1 aromatic heterocycles. The number of phenols is 1. The van der Waals surface area contributed by atoms with Gasteiger partial charge in [-0.3, -0.25) is 0 Å². The van der Waals surface area contributed by atoms with Crippen LogP contribution in [0.25, 0.3) is 10.9 Å². The second kappa shape index (κ2) is 2.78. The smallest absolute Gasteiger partial charge is 0.116 e. The van der Waals surface area contributed by atoms with Crippen LogP contribution in [0.3, 0.4) is 0 Å². The Kier molecular flexibility index (Phi) is 1.74. The number of rotatable bonds is 1. The summed E-state index contributed by atoms with van der Waals surface area (Å²) >= 11 is 0.